The molecule has 21 heavy (non-hydrogen) atoms. The van der Waals surface area contributed by atoms with Crippen molar-refractivity contribution in [2.75, 3.05) is 0 Å². The predicted octanol–water partition coefficient (Wildman–Crippen LogP) is 2.19. The Bertz CT molecular complexity index is 208. The molecule has 0 amide bonds. The molecule has 0 aromatic rings. The molecule has 0 unspecified atom stereocenters. The number of carbonyl (C=O) groups excluding carboxylic acids is 2. The Morgan fingerprint density at radius 1 is 0.619 bits per heavy atom. The third-order valence-electron chi connectivity index (χ3n) is 2.97. The molecular weight excluding hydrogens is 457 g/mol. The molecule has 0 heterocycles. The van der Waals surface area contributed by atoms with Crippen molar-refractivity contribution in [3.05, 3.63) is 0 Å². The maximum Gasteiger partial charge on any atom is 2.00 e. The van der Waals surface area contributed by atoms with Crippen molar-refractivity contribution in [1.82, 2.24) is 0 Å². The fourth-order valence-corrected chi connectivity index (χ4v) is 1.75. The van der Waals surface area contributed by atoms with Crippen LogP contribution in [0.3, 0.4) is 0 Å². The van der Waals surface area contributed by atoms with Crippen molar-refractivity contribution in [2.24, 2.45) is 0 Å². The molecule has 0 aromatic carbocycles. The number of carbonyl (C=O) groups is 2. The van der Waals surface area contributed by atoms with Crippen molar-refractivity contribution in [3.8, 4) is 0 Å². The topological polar surface area (TPSA) is 80.3 Å². The molecular formula is C16H30HgO4. The first kappa shape index (κ1) is 25.8. The van der Waals surface area contributed by atoms with Gasteiger partial charge in [-0.3, -0.25) is 0 Å². The molecule has 0 aliphatic heterocycles. The van der Waals surface area contributed by atoms with E-state index in [1.54, 1.807) is 0 Å². The summed E-state index contributed by atoms with van der Waals surface area (Å²) in [5, 5.41) is 19.8. The van der Waals surface area contributed by atoms with E-state index in [2.05, 4.69) is 13.8 Å². The van der Waals surface area contributed by atoms with E-state index in [1.165, 1.54) is 25.7 Å². The van der Waals surface area contributed by atoms with E-state index in [9.17, 15) is 19.8 Å². The number of unbranched alkanes of at least 4 members (excludes halogenated alkanes) is 8. The minimum atomic E-state index is -0.920. The van der Waals surface area contributed by atoms with Gasteiger partial charge in [-0.15, -0.1) is 0 Å². The summed E-state index contributed by atoms with van der Waals surface area (Å²) in [5.74, 6) is -1.84. The first-order valence-corrected chi connectivity index (χ1v) is 7.94. The average molecular weight is 487 g/mol. The molecule has 0 saturated heterocycles. The van der Waals surface area contributed by atoms with Crippen LogP contribution in [0.2, 0.25) is 0 Å². The third kappa shape index (κ3) is 33.0. The van der Waals surface area contributed by atoms with Gasteiger partial charge in [-0.05, 0) is 25.7 Å². The number of carboxylic acid groups (broad SMARTS) is 2. The molecule has 0 spiro atoms. The van der Waals surface area contributed by atoms with E-state index in [4.69, 9.17) is 0 Å². The van der Waals surface area contributed by atoms with Crippen LogP contribution >= 0.6 is 0 Å². The molecule has 0 fully saturated rings. The zero-order chi connectivity index (χ0) is 15.6. The summed E-state index contributed by atoms with van der Waals surface area (Å²) in [6.07, 6.45) is 11.2. The van der Waals surface area contributed by atoms with Gasteiger partial charge in [0, 0.05) is 11.9 Å². The van der Waals surface area contributed by atoms with Gasteiger partial charge in [0.2, 0.25) is 0 Å². The first-order valence-electron chi connectivity index (χ1n) is 7.94. The second-order valence-electron chi connectivity index (χ2n) is 5.07. The Hall–Kier alpha value is -0.125. The molecule has 0 atom stereocenters. The standard InChI is InChI=1S/2C8H16O2.Hg/c2*1-2-3-4-5-6-7-8(9)10;/h2*2-7H2,1H3,(H,9,10);/q;;+2/p-2. The van der Waals surface area contributed by atoms with Crippen molar-refractivity contribution in [3.63, 3.8) is 0 Å². The van der Waals surface area contributed by atoms with Gasteiger partial charge >= 0.3 is 27.7 Å². The van der Waals surface area contributed by atoms with Crippen LogP contribution in [-0.4, -0.2) is 11.9 Å². The first-order chi connectivity index (χ1) is 9.54. The van der Waals surface area contributed by atoms with Gasteiger partial charge < -0.3 is 19.8 Å². The average Bonchev–Trinajstić information content (AvgIpc) is 2.38. The van der Waals surface area contributed by atoms with Crippen molar-refractivity contribution in [1.29, 1.82) is 0 Å². The van der Waals surface area contributed by atoms with E-state index in [-0.39, 0.29) is 40.5 Å². The van der Waals surface area contributed by atoms with Gasteiger partial charge in [-0.2, -0.15) is 0 Å². The molecule has 0 N–H and O–H groups in total. The third-order valence-corrected chi connectivity index (χ3v) is 2.97. The molecule has 0 aromatic heterocycles. The summed E-state index contributed by atoms with van der Waals surface area (Å²) in [5.41, 5.74) is 0. The van der Waals surface area contributed by atoms with E-state index < -0.39 is 11.9 Å². The summed E-state index contributed by atoms with van der Waals surface area (Å²) in [7, 11) is 0. The Morgan fingerprint density at radius 3 is 1.14 bits per heavy atom. The van der Waals surface area contributed by atoms with Gasteiger partial charge in [0.15, 0.2) is 0 Å². The summed E-state index contributed by atoms with van der Waals surface area (Å²) < 4.78 is 0. The van der Waals surface area contributed by atoms with Crippen LogP contribution in [0.25, 0.3) is 0 Å². The van der Waals surface area contributed by atoms with Crippen molar-refractivity contribution in [2.45, 2.75) is 90.9 Å². The smallest absolute Gasteiger partial charge is 0.550 e. The van der Waals surface area contributed by atoms with Gasteiger partial charge in [0.05, 0.1) is 0 Å². The summed E-state index contributed by atoms with van der Waals surface area (Å²) in [6.45, 7) is 4.28. The largest absolute Gasteiger partial charge is 2.00 e. The molecule has 0 rings (SSSR count). The van der Waals surface area contributed by atoms with Crippen molar-refractivity contribution >= 4 is 11.9 Å². The predicted molar refractivity (Wildman–Crippen MR) is 76.8 cm³/mol. The van der Waals surface area contributed by atoms with Crippen LogP contribution in [0.5, 0.6) is 0 Å². The normalized spacial score (nSPS) is 9.24. The minimum absolute atomic E-state index is 0. The molecule has 4 nitrogen and oxygen atoms in total. The Balaban J connectivity index is -0.000000295. The van der Waals surface area contributed by atoms with Crippen LogP contribution < -0.4 is 10.2 Å². The Kier molecular flexibility index (Phi) is 27.2. The fraction of sp³-hybridized carbons (Fsp3) is 0.875. The van der Waals surface area contributed by atoms with E-state index >= 15 is 0 Å². The van der Waals surface area contributed by atoms with Crippen LogP contribution in [0.4, 0.5) is 0 Å². The van der Waals surface area contributed by atoms with E-state index in [1.807, 2.05) is 0 Å². The summed E-state index contributed by atoms with van der Waals surface area (Å²) >= 11 is 0. The van der Waals surface area contributed by atoms with Crippen LogP contribution in [-0.2, 0) is 37.3 Å². The molecule has 0 radical (unpaired) electrons. The number of carboxylic acids is 2. The number of aliphatic carboxylic acids is 2. The van der Waals surface area contributed by atoms with E-state index in [0.29, 0.717) is 0 Å². The van der Waals surface area contributed by atoms with Crippen LogP contribution in [0.1, 0.15) is 90.9 Å². The van der Waals surface area contributed by atoms with Gasteiger partial charge in [-0.1, -0.05) is 65.2 Å². The summed E-state index contributed by atoms with van der Waals surface area (Å²) in [4.78, 5) is 19.8. The molecule has 5 heteroatoms. The number of hydrogen-bond donors (Lipinski definition) is 0. The molecule has 0 aliphatic rings. The van der Waals surface area contributed by atoms with Gasteiger partial charge in [-0.25, -0.2) is 0 Å². The second kappa shape index (κ2) is 22.2. The maximum atomic E-state index is 9.92. The minimum Gasteiger partial charge on any atom is -0.550 e. The van der Waals surface area contributed by atoms with Crippen LogP contribution in [0.15, 0.2) is 0 Å². The monoisotopic (exact) mass is 488 g/mol. The Labute approximate surface area is 150 Å². The van der Waals surface area contributed by atoms with Gasteiger partial charge in [0.1, 0.15) is 0 Å². The Morgan fingerprint density at radius 2 is 0.905 bits per heavy atom. The molecule has 120 valence electrons. The molecule has 0 saturated carbocycles. The number of rotatable bonds is 12. The van der Waals surface area contributed by atoms with Crippen molar-refractivity contribution < 1.29 is 47.5 Å². The zero-order valence-corrected chi connectivity index (χ0v) is 19.3. The second-order valence-corrected chi connectivity index (χ2v) is 5.07. The zero-order valence-electron chi connectivity index (χ0n) is 13.8. The fourth-order valence-electron chi connectivity index (χ4n) is 1.75. The maximum absolute atomic E-state index is 9.92. The quantitative estimate of drug-likeness (QED) is 0.313. The molecule has 0 bridgehead atoms. The van der Waals surface area contributed by atoms with Crippen LogP contribution in [0, 0.1) is 0 Å². The SMILES string of the molecule is CCCCCCCC(=O)[O-].CCCCCCCC(=O)[O-].[Hg+2]. The van der Waals surface area contributed by atoms with Gasteiger partial charge in [0.25, 0.3) is 0 Å². The number of hydrogen-bond acceptors (Lipinski definition) is 4. The molecule has 0 aliphatic carbocycles. The van der Waals surface area contributed by atoms with E-state index in [0.717, 1.165) is 38.5 Å². The summed E-state index contributed by atoms with van der Waals surface area (Å²) in [6, 6.07) is 0.